The van der Waals surface area contributed by atoms with Gasteiger partial charge < -0.3 is 10.5 Å². The fourth-order valence-corrected chi connectivity index (χ4v) is 2.15. The van der Waals surface area contributed by atoms with Crippen LogP contribution in [0.3, 0.4) is 0 Å². The Morgan fingerprint density at radius 2 is 1.89 bits per heavy atom. The molecule has 0 bridgehead atoms. The first-order valence-electron chi connectivity index (χ1n) is 6.81. The van der Waals surface area contributed by atoms with Crippen molar-refractivity contribution in [1.29, 1.82) is 0 Å². The van der Waals surface area contributed by atoms with E-state index in [9.17, 15) is 0 Å². The lowest BCUT2D eigenvalue weighted by atomic mass is 9.97. The van der Waals surface area contributed by atoms with Gasteiger partial charge in [0.25, 0.3) is 0 Å². The quantitative estimate of drug-likeness (QED) is 0.560. The summed E-state index contributed by atoms with van der Waals surface area (Å²) >= 11 is 0. The van der Waals surface area contributed by atoms with Crippen molar-refractivity contribution in [3.8, 4) is 5.75 Å². The van der Waals surface area contributed by atoms with Crippen LogP contribution >= 0.6 is 0 Å². The van der Waals surface area contributed by atoms with E-state index < -0.39 is 0 Å². The third-order valence-electron chi connectivity index (χ3n) is 3.14. The lowest BCUT2D eigenvalue weighted by Gasteiger charge is -2.19. The van der Waals surface area contributed by atoms with Crippen LogP contribution in [0.25, 0.3) is 0 Å². The molecular formula is C16H25NO. The molecule has 18 heavy (non-hydrogen) atoms. The number of rotatable bonds is 7. The zero-order valence-electron chi connectivity index (χ0n) is 11.8. The van der Waals surface area contributed by atoms with E-state index in [-0.39, 0.29) is 0 Å². The molecule has 0 heterocycles. The first kappa shape index (κ1) is 14.6. The maximum absolute atomic E-state index is 5.95. The summed E-state index contributed by atoms with van der Waals surface area (Å²) in [4.78, 5) is 0. The van der Waals surface area contributed by atoms with Crippen molar-refractivity contribution >= 4 is 5.69 Å². The third kappa shape index (κ3) is 4.10. The molecule has 0 unspecified atom stereocenters. The topological polar surface area (TPSA) is 35.2 Å². The Morgan fingerprint density at radius 3 is 2.39 bits per heavy atom. The molecular weight excluding hydrogens is 222 g/mol. The van der Waals surface area contributed by atoms with Gasteiger partial charge in [-0.3, -0.25) is 0 Å². The lowest BCUT2D eigenvalue weighted by Crippen LogP contribution is -2.09. The van der Waals surface area contributed by atoms with Crippen LogP contribution in [0.4, 0.5) is 5.69 Å². The summed E-state index contributed by atoms with van der Waals surface area (Å²) in [5.74, 6) is 2.00. The number of ether oxygens (including phenoxy) is 1. The molecule has 0 aliphatic carbocycles. The van der Waals surface area contributed by atoms with Crippen LogP contribution in [0.2, 0.25) is 0 Å². The first-order valence-corrected chi connectivity index (χ1v) is 6.81. The Balaban J connectivity index is 2.72. The van der Waals surface area contributed by atoms with Crippen LogP contribution in [-0.2, 0) is 0 Å². The molecule has 0 amide bonds. The van der Waals surface area contributed by atoms with Gasteiger partial charge in [0.1, 0.15) is 11.5 Å². The van der Waals surface area contributed by atoms with Crippen molar-refractivity contribution in [3.05, 3.63) is 36.1 Å². The van der Waals surface area contributed by atoms with E-state index in [0.717, 1.165) is 42.8 Å². The van der Waals surface area contributed by atoms with E-state index in [0.29, 0.717) is 11.6 Å². The molecule has 0 spiro atoms. The molecule has 0 aromatic heterocycles. The summed E-state index contributed by atoms with van der Waals surface area (Å²) < 4.78 is 5.85. The highest BCUT2D eigenvalue weighted by atomic mass is 16.5. The summed E-state index contributed by atoms with van der Waals surface area (Å²) in [5.41, 5.74) is 7.78. The average molecular weight is 247 g/mol. The Bertz CT molecular complexity index is 392. The standard InChI is InChI=1S/C16H25NO/c1-5-7-14(8-6-2)13(4)18-16-10-9-12(3)11-15(16)17/h9-11,14H,4-8,17H2,1-3H3. The molecule has 0 fully saturated rings. The number of nitrogen functional groups attached to an aromatic ring is 1. The SMILES string of the molecule is C=C(Oc1ccc(C)cc1N)C(CCC)CCC. The molecule has 2 heteroatoms. The molecule has 0 radical (unpaired) electrons. The summed E-state index contributed by atoms with van der Waals surface area (Å²) in [7, 11) is 0. The molecule has 0 aliphatic heterocycles. The van der Waals surface area contributed by atoms with Gasteiger partial charge in [-0.05, 0) is 37.5 Å². The van der Waals surface area contributed by atoms with Crippen molar-refractivity contribution in [1.82, 2.24) is 0 Å². The van der Waals surface area contributed by atoms with Crippen molar-refractivity contribution in [2.24, 2.45) is 5.92 Å². The van der Waals surface area contributed by atoms with E-state index in [1.165, 1.54) is 0 Å². The molecule has 2 nitrogen and oxygen atoms in total. The van der Waals surface area contributed by atoms with Gasteiger partial charge in [-0.15, -0.1) is 0 Å². The highest BCUT2D eigenvalue weighted by molar-refractivity contribution is 5.54. The smallest absolute Gasteiger partial charge is 0.149 e. The van der Waals surface area contributed by atoms with Crippen molar-refractivity contribution in [3.63, 3.8) is 0 Å². The summed E-state index contributed by atoms with van der Waals surface area (Å²) in [6.45, 7) is 10.5. The van der Waals surface area contributed by atoms with Crippen LogP contribution in [0.5, 0.6) is 5.75 Å². The maximum Gasteiger partial charge on any atom is 0.149 e. The second kappa shape index (κ2) is 7.10. The largest absolute Gasteiger partial charge is 0.460 e. The van der Waals surface area contributed by atoms with Gasteiger partial charge in [-0.2, -0.15) is 0 Å². The second-order valence-electron chi connectivity index (χ2n) is 4.88. The minimum absolute atomic E-state index is 0.431. The lowest BCUT2D eigenvalue weighted by molar-refractivity contribution is 0.323. The Morgan fingerprint density at radius 1 is 1.28 bits per heavy atom. The van der Waals surface area contributed by atoms with Crippen LogP contribution in [0.1, 0.15) is 45.1 Å². The minimum Gasteiger partial charge on any atom is -0.460 e. The molecule has 0 aliphatic rings. The summed E-state index contributed by atoms with van der Waals surface area (Å²) in [6, 6.07) is 5.86. The summed E-state index contributed by atoms with van der Waals surface area (Å²) in [6.07, 6.45) is 4.55. The van der Waals surface area contributed by atoms with Gasteiger partial charge in [-0.25, -0.2) is 0 Å². The molecule has 0 atom stereocenters. The molecule has 1 aromatic carbocycles. The number of hydrogen-bond donors (Lipinski definition) is 1. The number of benzene rings is 1. The van der Waals surface area contributed by atoms with Crippen molar-refractivity contribution < 1.29 is 4.74 Å². The van der Waals surface area contributed by atoms with E-state index in [1.807, 2.05) is 25.1 Å². The van der Waals surface area contributed by atoms with Crippen LogP contribution in [-0.4, -0.2) is 0 Å². The zero-order valence-corrected chi connectivity index (χ0v) is 11.8. The van der Waals surface area contributed by atoms with Crippen LogP contribution < -0.4 is 10.5 Å². The Kier molecular flexibility index (Phi) is 5.76. The van der Waals surface area contributed by atoms with E-state index in [4.69, 9.17) is 10.5 Å². The fourth-order valence-electron chi connectivity index (χ4n) is 2.15. The van der Waals surface area contributed by atoms with E-state index >= 15 is 0 Å². The number of aryl methyl sites for hydroxylation is 1. The van der Waals surface area contributed by atoms with Gasteiger partial charge in [0.15, 0.2) is 0 Å². The first-order chi connectivity index (χ1) is 8.58. The Labute approximate surface area is 111 Å². The summed E-state index contributed by atoms with van der Waals surface area (Å²) in [5, 5.41) is 0. The van der Waals surface area contributed by atoms with Crippen LogP contribution in [0, 0.1) is 12.8 Å². The minimum atomic E-state index is 0.431. The monoisotopic (exact) mass is 247 g/mol. The van der Waals surface area contributed by atoms with Crippen molar-refractivity contribution in [2.75, 3.05) is 5.73 Å². The number of hydrogen-bond acceptors (Lipinski definition) is 2. The van der Waals surface area contributed by atoms with Gasteiger partial charge in [0.2, 0.25) is 0 Å². The number of anilines is 1. The third-order valence-corrected chi connectivity index (χ3v) is 3.14. The molecule has 0 saturated heterocycles. The molecule has 0 saturated carbocycles. The molecule has 1 aromatic rings. The van der Waals surface area contributed by atoms with Gasteiger partial charge >= 0.3 is 0 Å². The van der Waals surface area contributed by atoms with Gasteiger partial charge in [0, 0.05) is 5.92 Å². The van der Waals surface area contributed by atoms with E-state index in [1.54, 1.807) is 0 Å². The zero-order chi connectivity index (χ0) is 13.5. The molecule has 2 N–H and O–H groups in total. The normalized spacial score (nSPS) is 10.7. The molecule has 1 rings (SSSR count). The van der Waals surface area contributed by atoms with E-state index in [2.05, 4.69) is 20.4 Å². The highest BCUT2D eigenvalue weighted by Crippen LogP contribution is 2.28. The van der Waals surface area contributed by atoms with Crippen molar-refractivity contribution in [2.45, 2.75) is 46.5 Å². The fraction of sp³-hybridized carbons (Fsp3) is 0.500. The van der Waals surface area contributed by atoms with Crippen LogP contribution in [0.15, 0.2) is 30.5 Å². The van der Waals surface area contributed by atoms with Gasteiger partial charge in [-0.1, -0.05) is 39.3 Å². The number of allylic oxidation sites excluding steroid dienone is 1. The predicted molar refractivity (Wildman–Crippen MR) is 78.7 cm³/mol. The second-order valence-corrected chi connectivity index (χ2v) is 4.88. The molecule has 100 valence electrons. The van der Waals surface area contributed by atoms with Gasteiger partial charge in [0.05, 0.1) is 5.69 Å². The highest BCUT2D eigenvalue weighted by Gasteiger charge is 2.14. The Hall–Kier alpha value is -1.44. The maximum atomic E-state index is 5.95. The average Bonchev–Trinajstić information content (AvgIpc) is 2.32. The predicted octanol–water partition coefficient (Wildman–Crippen LogP) is 4.69. The number of nitrogens with two attached hydrogens (primary N) is 1.